The zero-order valence-corrected chi connectivity index (χ0v) is 11.6. The van der Waals surface area contributed by atoms with E-state index in [1.165, 1.54) is 6.42 Å². The lowest BCUT2D eigenvalue weighted by Gasteiger charge is -2.44. The van der Waals surface area contributed by atoms with Gasteiger partial charge in [-0.25, -0.2) is 0 Å². The van der Waals surface area contributed by atoms with Gasteiger partial charge in [0.2, 0.25) is 5.91 Å². The van der Waals surface area contributed by atoms with E-state index in [4.69, 9.17) is 15.6 Å². The minimum absolute atomic E-state index is 0.134. The summed E-state index contributed by atoms with van der Waals surface area (Å²) in [5.74, 6) is 0.191. The Labute approximate surface area is 115 Å². The maximum absolute atomic E-state index is 12.9. The van der Waals surface area contributed by atoms with Crippen molar-refractivity contribution in [2.45, 2.75) is 44.6 Å². The van der Waals surface area contributed by atoms with Crippen LogP contribution in [0.3, 0.4) is 0 Å². The summed E-state index contributed by atoms with van der Waals surface area (Å²) < 4.78 is 5.37. The fraction of sp³-hybridized carbons (Fsp3) is 0.929. The summed E-state index contributed by atoms with van der Waals surface area (Å²) in [6, 6.07) is 0.366. The van der Waals surface area contributed by atoms with Crippen LogP contribution in [0.4, 0.5) is 0 Å². The zero-order valence-electron chi connectivity index (χ0n) is 11.6. The lowest BCUT2D eigenvalue weighted by Crippen LogP contribution is -2.55. The first kappa shape index (κ1) is 14.8. The molecule has 0 atom stereocenters. The third kappa shape index (κ3) is 3.09. The third-order valence-electron chi connectivity index (χ3n) is 4.63. The predicted octanol–water partition coefficient (Wildman–Crippen LogP) is 0.505. The van der Waals surface area contributed by atoms with Gasteiger partial charge in [-0.15, -0.1) is 0 Å². The molecule has 1 aliphatic heterocycles. The quantitative estimate of drug-likeness (QED) is 0.737. The van der Waals surface area contributed by atoms with E-state index in [-0.39, 0.29) is 12.5 Å². The van der Waals surface area contributed by atoms with Crippen LogP contribution in [0.2, 0.25) is 0 Å². The molecule has 0 aromatic rings. The van der Waals surface area contributed by atoms with Gasteiger partial charge in [-0.1, -0.05) is 0 Å². The SMILES string of the molecule is NCC1(C(=O)N(CCCO)C2CCC2)CCOCC1. The number of ether oxygens (including phenoxy) is 1. The highest BCUT2D eigenvalue weighted by molar-refractivity contribution is 5.83. The molecule has 3 N–H and O–H groups in total. The van der Waals surface area contributed by atoms with E-state index in [0.29, 0.717) is 38.8 Å². The highest BCUT2D eigenvalue weighted by atomic mass is 16.5. The molecule has 0 bridgehead atoms. The molecule has 19 heavy (non-hydrogen) atoms. The normalized spacial score (nSPS) is 22.8. The van der Waals surface area contributed by atoms with E-state index in [2.05, 4.69) is 0 Å². The van der Waals surface area contributed by atoms with E-state index in [0.717, 1.165) is 25.7 Å². The first-order valence-corrected chi connectivity index (χ1v) is 7.43. The van der Waals surface area contributed by atoms with Gasteiger partial charge in [0.15, 0.2) is 0 Å². The van der Waals surface area contributed by atoms with Gasteiger partial charge in [0.05, 0.1) is 5.41 Å². The van der Waals surface area contributed by atoms with Crippen molar-refractivity contribution in [3.05, 3.63) is 0 Å². The number of carbonyl (C=O) groups excluding carboxylic acids is 1. The first-order valence-electron chi connectivity index (χ1n) is 7.43. The van der Waals surface area contributed by atoms with Crippen molar-refractivity contribution in [1.29, 1.82) is 0 Å². The summed E-state index contributed by atoms with van der Waals surface area (Å²) in [7, 11) is 0. The van der Waals surface area contributed by atoms with Gasteiger partial charge in [-0.3, -0.25) is 4.79 Å². The van der Waals surface area contributed by atoms with Crippen molar-refractivity contribution in [3.8, 4) is 0 Å². The molecule has 1 heterocycles. The molecule has 0 spiro atoms. The van der Waals surface area contributed by atoms with Gasteiger partial charge < -0.3 is 20.5 Å². The second-order valence-corrected chi connectivity index (χ2v) is 5.76. The number of aliphatic hydroxyl groups is 1. The van der Waals surface area contributed by atoms with Crippen molar-refractivity contribution >= 4 is 5.91 Å². The minimum Gasteiger partial charge on any atom is -0.396 e. The summed E-state index contributed by atoms with van der Waals surface area (Å²) in [5.41, 5.74) is 5.49. The number of nitrogens with zero attached hydrogens (tertiary/aromatic N) is 1. The number of hydrogen-bond donors (Lipinski definition) is 2. The number of carbonyl (C=O) groups is 1. The molecule has 5 heteroatoms. The van der Waals surface area contributed by atoms with Gasteiger partial charge in [0.1, 0.15) is 0 Å². The minimum atomic E-state index is -0.427. The second kappa shape index (κ2) is 6.68. The van der Waals surface area contributed by atoms with E-state index < -0.39 is 5.41 Å². The smallest absolute Gasteiger partial charge is 0.230 e. The lowest BCUT2D eigenvalue weighted by atomic mass is 9.77. The summed E-state index contributed by atoms with van der Waals surface area (Å²) in [4.78, 5) is 14.9. The molecule has 1 amide bonds. The Kier molecular flexibility index (Phi) is 5.19. The van der Waals surface area contributed by atoms with Crippen LogP contribution < -0.4 is 5.73 Å². The van der Waals surface area contributed by atoms with Crippen LogP contribution in [0.25, 0.3) is 0 Å². The molecule has 2 aliphatic rings. The third-order valence-corrected chi connectivity index (χ3v) is 4.63. The van der Waals surface area contributed by atoms with Crippen molar-refractivity contribution < 1.29 is 14.6 Å². The number of aliphatic hydroxyl groups excluding tert-OH is 1. The molecule has 1 saturated heterocycles. The Hall–Kier alpha value is -0.650. The predicted molar refractivity (Wildman–Crippen MR) is 72.6 cm³/mol. The summed E-state index contributed by atoms with van der Waals surface area (Å²) in [6.45, 7) is 2.44. The van der Waals surface area contributed by atoms with Crippen LogP contribution in [0, 0.1) is 5.41 Å². The Morgan fingerprint density at radius 1 is 1.37 bits per heavy atom. The van der Waals surface area contributed by atoms with E-state index >= 15 is 0 Å². The van der Waals surface area contributed by atoms with Crippen molar-refractivity contribution in [3.63, 3.8) is 0 Å². The average Bonchev–Trinajstić information content (AvgIpc) is 2.41. The molecule has 110 valence electrons. The molecule has 0 aromatic carbocycles. The topological polar surface area (TPSA) is 75.8 Å². The highest BCUT2D eigenvalue weighted by Crippen LogP contribution is 2.35. The zero-order chi connectivity index (χ0) is 13.7. The first-order chi connectivity index (χ1) is 9.23. The van der Waals surface area contributed by atoms with Crippen LogP contribution in [-0.2, 0) is 9.53 Å². The molecule has 5 nitrogen and oxygen atoms in total. The number of amides is 1. The van der Waals surface area contributed by atoms with Crippen molar-refractivity contribution in [2.75, 3.05) is 32.9 Å². The molecule has 1 aliphatic carbocycles. The van der Waals surface area contributed by atoms with E-state index in [1.54, 1.807) is 0 Å². The van der Waals surface area contributed by atoms with Crippen LogP contribution in [0.1, 0.15) is 38.5 Å². The van der Waals surface area contributed by atoms with E-state index in [1.807, 2.05) is 4.90 Å². The molecule has 2 rings (SSSR count). The van der Waals surface area contributed by atoms with Crippen LogP contribution in [0.15, 0.2) is 0 Å². The van der Waals surface area contributed by atoms with Gasteiger partial charge in [-0.05, 0) is 38.5 Å². The van der Waals surface area contributed by atoms with Crippen molar-refractivity contribution in [1.82, 2.24) is 4.90 Å². The molecular formula is C14H26N2O3. The highest BCUT2D eigenvalue weighted by Gasteiger charge is 2.43. The monoisotopic (exact) mass is 270 g/mol. The fourth-order valence-electron chi connectivity index (χ4n) is 2.96. The number of nitrogens with two attached hydrogens (primary N) is 1. The summed E-state index contributed by atoms with van der Waals surface area (Å²) in [5, 5.41) is 9.02. The van der Waals surface area contributed by atoms with Crippen LogP contribution in [0.5, 0.6) is 0 Å². The lowest BCUT2D eigenvalue weighted by molar-refractivity contribution is -0.151. The molecule has 1 saturated carbocycles. The Morgan fingerprint density at radius 3 is 2.53 bits per heavy atom. The number of rotatable bonds is 6. The summed E-state index contributed by atoms with van der Waals surface area (Å²) >= 11 is 0. The van der Waals surface area contributed by atoms with E-state index in [9.17, 15) is 4.79 Å². The molecule has 2 fully saturated rings. The Balaban J connectivity index is 2.07. The van der Waals surface area contributed by atoms with Crippen LogP contribution >= 0.6 is 0 Å². The number of hydrogen-bond acceptors (Lipinski definition) is 4. The van der Waals surface area contributed by atoms with Crippen LogP contribution in [-0.4, -0.2) is 54.9 Å². The van der Waals surface area contributed by atoms with Crippen molar-refractivity contribution in [2.24, 2.45) is 11.1 Å². The maximum atomic E-state index is 12.9. The Bertz CT molecular complexity index is 299. The standard InChI is InChI=1S/C14H26N2O3/c15-11-14(5-9-19-10-6-14)13(18)16(7-2-8-17)12-3-1-4-12/h12,17H,1-11,15H2. The molecule has 0 aromatic heterocycles. The van der Waals surface area contributed by atoms with Gasteiger partial charge >= 0.3 is 0 Å². The average molecular weight is 270 g/mol. The fourth-order valence-corrected chi connectivity index (χ4v) is 2.96. The largest absolute Gasteiger partial charge is 0.396 e. The maximum Gasteiger partial charge on any atom is 0.230 e. The molecule has 0 unspecified atom stereocenters. The van der Waals surface area contributed by atoms with Gasteiger partial charge in [0, 0.05) is 39.0 Å². The molecule has 0 radical (unpaired) electrons. The summed E-state index contributed by atoms with van der Waals surface area (Å²) in [6.07, 6.45) is 5.49. The van der Waals surface area contributed by atoms with Gasteiger partial charge in [-0.2, -0.15) is 0 Å². The second-order valence-electron chi connectivity index (χ2n) is 5.76. The van der Waals surface area contributed by atoms with Gasteiger partial charge in [0.25, 0.3) is 0 Å². The molecular weight excluding hydrogens is 244 g/mol. The Morgan fingerprint density at radius 2 is 2.05 bits per heavy atom.